The van der Waals surface area contributed by atoms with Crippen molar-refractivity contribution in [1.82, 2.24) is 0 Å². The lowest BCUT2D eigenvalue weighted by Gasteiger charge is -2.01. The number of alkyl halides is 2. The number of hydrogen-bond donors (Lipinski definition) is 0. The summed E-state index contributed by atoms with van der Waals surface area (Å²) in [7, 11) is 0. The lowest BCUT2D eigenvalue weighted by Crippen LogP contribution is -1.96. The maximum atomic E-state index is 11.9. The van der Waals surface area contributed by atoms with E-state index in [1.165, 1.54) is 0 Å². The van der Waals surface area contributed by atoms with Crippen molar-refractivity contribution in [2.24, 2.45) is 0 Å². The van der Waals surface area contributed by atoms with Crippen molar-refractivity contribution in [1.29, 1.82) is 0 Å². The first kappa shape index (κ1) is 8.65. The minimum Gasteiger partial charge on any atom is -0.210 e. The molecule has 0 aliphatic carbocycles. The molecule has 0 N–H and O–H groups in total. The Morgan fingerprint density at radius 1 is 1.27 bits per heavy atom. The Morgan fingerprint density at radius 3 is 2.45 bits per heavy atom. The average Bonchev–Trinajstić information content (AvgIpc) is 1.93. The van der Waals surface area contributed by atoms with E-state index >= 15 is 0 Å². The van der Waals surface area contributed by atoms with Crippen LogP contribution in [0.15, 0.2) is 28.7 Å². The zero-order chi connectivity index (χ0) is 8.27. The largest absolute Gasteiger partial charge is 0.242 e. The highest BCUT2D eigenvalue weighted by Gasteiger charge is 2.06. The van der Waals surface area contributed by atoms with Gasteiger partial charge in [-0.1, -0.05) is 34.1 Å². The molecule has 0 atom stereocenters. The summed E-state index contributed by atoms with van der Waals surface area (Å²) < 4.78 is 24.5. The molecule has 0 saturated carbocycles. The summed E-state index contributed by atoms with van der Waals surface area (Å²) in [6, 6.07) is 7.01. The van der Waals surface area contributed by atoms with Gasteiger partial charge in [0.1, 0.15) is 0 Å². The molecule has 0 aliphatic heterocycles. The predicted octanol–water partition coefficient (Wildman–Crippen LogP) is 3.26. The van der Waals surface area contributed by atoms with Crippen molar-refractivity contribution in [2.75, 3.05) is 0 Å². The van der Waals surface area contributed by atoms with Gasteiger partial charge in [-0.05, 0) is 11.6 Å². The van der Waals surface area contributed by atoms with E-state index in [1.807, 2.05) is 0 Å². The molecule has 0 unspecified atom stereocenters. The average molecular weight is 221 g/mol. The predicted molar refractivity (Wildman–Crippen MR) is 43.9 cm³/mol. The molecule has 60 valence electrons. The lowest BCUT2D eigenvalue weighted by molar-refractivity contribution is 0.149. The fraction of sp³-hybridized carbons (Fsp3) is 0.250. The molecular weight excluding hydrogens is 214 g/mol. The van der Waals surface area contributed by atoms with E-state index in [1.54, 1.807) is 24.3 Å². The Labute approximate surface area is 72.4 Å². The molecule has 3 heteroatoms. The lowest BCUT2D eigenvalue weighted by atomic mass is 10.2. The van der Waals surface area contributed by atoms with Crippen LogP contribution in [0.1, 0.15) is 5.56 Å². The van der Waals surface area contributed by atoms with Crippen LogP contribution in [0.4, 0.5) is 8.78 Å². The van der Waals surface area contributed by atoms with Gasteiger partial charge >= 0.3 is 0 Å². The molecule has 0 aliphatic rings. The molecule has 1 aromatic rings. The van der Waals surface area contributed by atoms with Gasteiger partial charge < -0.3 is 0 Å². The van der Waals surface area contributed by atoms with Gasteiger partial charge in [0.05, 0.1) is 0 Å². The van der Waals surface area contributed by atoms with Crippen molar-refractivity contribution in [2.45, 2.75) is 12.8 Å². The molecule has 0 nitrogen and oxygen atoms in total. The topological polar surface area (TPSA) is 0 Å². The van der Waals surface area contributed by atoms with Crippen LogP contribution in [0.3, 0.4) is 0 Å². The van der Waals surface area contributed by atoms with Crippen LogP contribution in [0, 0.1) is 0 Å². The summed E-state index contributed by atoms with van der Waals surface area (Å²) in [6.07, 6.45) is -2.45. The van der Waals surface area contributed by atoms with Gasteiger partial charge in [0.15, 0.2) is 0 Å². The van der Waals surface area contributed by atoms with E-state index in [4.69, 9.17) is 0 Å². The summed E-state index contributed by atoms with van der Waals surface area (Å²) in [6.45, 7) is 0. The van der Waals surface area contributed by atoms with Crippen molar-refractivity contribution >= 4 is 15.9 Å². The Hall–Kier alpha value is -0.440. The molecule has 0 aromatic heterocycles. The maximum absolute atomic E-state index is 11.9. The van der Waals surface area contributed by atoms with Gasteiger partial charge in [-0.3, -0.25) is 0 Å². The number of halogens is 3. The van der Waals surface area contributed by atoms with Gasteiger partial charge in [-0.2, -0.15) is 0 Å². The first-order valence-electron chi connectivity index (χ1n) is 3.21. The summed E-state index contributed by atoms with van der Waals surface area (Å²) in [5.74, 6) is 0. The Kier molecular flexibility index (Phi) is 3.00. The molecule has 0 amide bonds. The van der Waals surface area contributed by atoms with Crippen LogP contribution in [0.5, 0.6) is 0 Å². The summed E-state index contributed by atoms with van der Waals surface area (Å²) in [5, 5.41) is 0. The standard InChI is InChI=1S/C8H7BrF2/c9-7-4-2-1-3-6(7)5-8(10)11/h1-4,8H,5H2. The Balaban J connectivity index is 2.78. The van der Waals surface area contributed by atoms with E-state index in [0.29, 0.717) is 5.56 Å². The molecular formula is C8H7BrF2. The second-order valence-electron chi connectivity index (χ2n) is 2.19. The normalized spacial score (nSPS) is 10.5. The van der Waals surface area contributed by atoms with Crippen molar-refractivity contribution in [3.8, 4) is 0 Å². The van der Waals surface area contributed by atoms with Gasteiger partial charge in [-0.25, -0.2) is 8.78 Å². The fourth-order valence-electron chi connectivity index (χ4n) is 0.830. The van der Waals surface area contributed by atoms with Crippen LogP contribution >= 0.6 is 15.9 Å². The van der Waals surface area contributed by atoms with E-state index in [9.17, 15) is 8.78 Å². The van der Waals surface area contributed by atoms with Crippen LogP contribution in [-0.2, 0) is 6.42 Å². The highest BCUT2D eigenvalue weighted by atomic mass is 79.9. The summed E-state index contributed by atoms with van der Waals surface area (Å²) >= 11 is 3.19. The number of rotatable bonds is 2. The van der Waals surface area contributed by atoms with Crippen LogP contribution in [0.25, 0.3) is 0 Å². The van der Waals surface area contributed by atoms with E-state index in [0.717, 1.165) is 4.47 Å². The maximum Gasteiger partial charge on any atom is 0.242 e. The van der Waals surface area contributed by atoms with Crippen LogP contribution in [-0.4, -0.2) is 6.43 Å². The first-order valence-corrected chi connectivity index (χ1v) is 4.01. The molecule has 0 heterocycles. The molecule has 0 fully saturated rings. The third-order valence-corrected chi connectivity index (χ3v) is 2.11. The second kappa shape index (κ2) is 3.81. The van der Waals surface area contributed by atoms with Gasteiger partial charge in [0, 0.05) is 10.9 Å². The van der Waals surface area contributed by atoms with Crippen molar-refractivity contribution < 1.29 is 8.78 Å². The van der Waals surface area contributed by atoms with E-state index < -0.39 is 6.43 Å². The molecule has 0 spiro atoms. The highest BCUT2D eigenvalue weighted by molar-refractivity contribution is 9.10. The molecule has 1 rings (SSSR count). The van der Waals surface area contributed by atoms with E-state index in [2.05, 4.69) is 15.9 Å². The molecule has 0 radical (unpaired) electrons. The SMILES string of the molecule is FC(F)Cc1ccccc1Br. The fourth-order valence-corrected chi connectivity index (χ4v) is 1.28. The molecule has 1 aromatic carbocycles. The minimum absolute atomic E-state index is 0.179. The third kappa shape index (κ3) is 2.58. The van der Waals surface area contributed by atoms with Gasteiger partial charge in [0.25, 0.3) is 0 Å². The van der Waals surface area contributed by atoms with Crippen molar-refractivity contribution in [3.05, 3.63) is 34.3 Å². The number of hydrogen-bond acceptors (Lipinski definition) is 0. The first-order chi connectivity index (χ1) is 5.20. The number of benzene rings is 1. The highest BCUT2D eigenvalue weighted by Crippen LogP contribution is 2.18. The monoisotopic (exact) mass is 220 g/mol. The zero-order valence-electron chi connectivity index (χ0n) is 5.73. The Morgan fingerprint density at radius 2 is 1.91 bits per heavy atom. The molecule has 11 heavy (non-hydrogen) atoms. The second-order valence-corrected chi connectivity index (χ2v) is 3.04. The molecule has 0 bridgehead atoms. The van der Waals surface area contributed by atoms with Gasteiger partial charge in [-0.15, -0.1) is 0 Å². The van der Waals surface area contributed by atoms with Crippen molar-refractivity contribution in [3.63, 3.8) is 0 Å². The van der Waals surface area contributed by atoms with Crippen LogP contribution in [0.2, 0.25) is 0 Å². The van der Waals surface area contributed by atoms with Crippen LogP contribution < -0.4 is 0 Å². The third-order valence-electron chi connectivity index (χ3n) is 1.33. The quantitative estimate of drug-likeness (QED) is 0.718. The zero-order valence-corrected chi connectivity index (χ0v) is 7.31. The summed E-state index contributed by atoms with van der Waals surface area (Å²) in [4.78, 5) is 0. The van der Waals surface area contributed by atoms with Gasteiger partial charge in [0.2, 0.25) is 6.43 Å². The minimum atomic E-state index is -2.27. The summed E-state index contributed by atoms with van der Waals surface area (Å²) in [5.41, 5.74) is 0.655. The van der Waals surface area contributed by atoms with E-state index in [-0.39, 0.29) is 6.42 Å². The molecule has 0 saturated heterocycles. The smallest absolute Gasteiger partial charge is 0.210 e. The Bertz CT molecular complexity index is 235.